The van der Waals surface area contributed by atoms with E-state index in [1.54, 1.807) is 0 Å². The molecule has 2 aromatic heterocycles. The molecule has 0 atom stereocenters. The third kappa shape index (κ3) is 5.33. The maximum Gasteiger partial charge on any atom is 0.161 e. The highest BCUT2D eigenvalue weighted by Gasteiger charge is 2.46. The van der Waals surface area contributed by atoms with Crippen molar-refractivity contribution in [3.63, 3.8) is 0 Å². The zero-order valence-corrected chi connectivity index (χ0v) is 33.4. The lowest BCUT2D eigenvalue weighted by Gasteiger charge is -2.34. The molecule has 0 unspecified atom stereocenters. The zero-order valence-electron chi connectivity index (χ0n) is 32.6. The lowest BCUT2D eigenvalue weighted by molar-refractivity contribution is 0.768. The Morgan fingerprint density at radius 2 is 0.917 bits per heavy atom. The Kier molecular flexibility index (Phi) is 7.97. The summed E-state index contributed by atoms with van der Waals surface area (Å²) in [5.74, 6) is 0.703. The predicted octanol–water partition coefficient (Wildman–Crippen LogP) is 15.0. The first-order valence-electron chi connectivity index (χ1n) is 20.5. The van der Waals surface area contributed by atoms with Crippen molar-refractivity contribution < 1.29 is 0 Å². The summed E-state index contributed by atoms with van der Waals surface area (Å²) in [5, 5.41) is 4.86. The second-order valence-corrected chi connectivity index (χ2v) is 16.7. The van der Waals surface area contributed by atoms with Gasteiger partial charge >= 0.3 is 0 Å². The van der Waals surface area contributed by atoms with Gasteiger partial charge < -0.3 is 0 Å². The van der Waals surface area contributed by atoms with Gasteiger partial charge in [0.1, 0.15) is 0 Å². The molecule has 0 amide bonds. The Hall–Kier alpha value is -7.46. The number of rotatable bonds is 6. The highest BCUT2D eigenvalue weighted by atomic mass is 32.1. The average Bonchev–Trinajstić information content (AvgIpc) is 3.85. The fraction of sp³-hybridized carbons (Fsp3) is 0.0175. The quantitative estimate of drug-likeness (QED) is 0.168. The van der Waals surface area contributed by atoms with Crippen LogP contribution >= 0.6 is 11.3 Å². The molecule has 2 nitrogen and oxygen atoms in total. The SMILES string of the molecule is c1ccc(C2(c3ccccc3)c3ccccc3-c3ccc(-c4cc(-c5ccccc5-c5ccc6sc7ccccc7c6c5)nc(-c5cccc6ccccc56)n4)cc32)cc1. The van der Waals surface area contributed by atoms with E-state index in [1.807, 2.05) is 11.3 Å². The van der Waals surface area contributed by atoms with Crippen LogP contribution < -0.4 is 0 Å². The van der Waals surface area contributed by atoms with Crippen molar-refractivity contribution in [1.82, 2.24) is 9.97 Å². The van der Waals surface area contributed by atoms with Crippen LogP contribution in [0.25, 0.3) is 87.1 Å². The van der Waals surface area contributed by atoms with Crippen molar-refractivity contribution in [3.05, 3.63) is 241 Å². The van der Waals surface area contributed by atoms with Crippen LogP contribution in [-0.4, -0.2) is 9.97 Å². The lowest BCUT2D eigenvalue weighted by Crippen LogP contribution is -2.28. The van der Waals surface area contributed by atoms with Gasteiger partial charge in [-0.25, -0.2) is 9.97 Å². The Balaban J connectivity index is 1.11. The van der Waals surface area contributed by atoms with E-state index >= 15 is 0 Å². The van der Waals surface area contributed by atoms with Gasteiger partial charge in [0, 0.05) is 36.9 Å². The first-order chi connectivity index (χ1) is 29.7. The largest absolute Gasteiger partial charge is 0.228 e. The van der Waals surface area contributed by atoms with Gasteiger partial charge in [0.25, 0.3) is 0 Å². The summed E-state index contributed by atoms with van der Waals surface area (Å²) >= 11 is 1.85. The minimum Gasteiger partial charge on any atom is -0.228 e. The van der Waals surface area contributed by atoms with Crippen LogP contribution in [0, 0.1) is 0 Å². The van der Waals surface area contributed by atoms with Crippen LogP contribution in [0.3, 0.4) is 0 Å². The average molecular weight is 781 g/mol. The molecule has 280 valence electrons. The summed E-state index contributed by atoms with van der Waals surface area (Å²) in [6, 6.07) is 79.3. The molecule has 0 aliphatic heterocycles. The highest BCUT2D eigenvalue weighted by Crippen LogP contribution is 2.56. The first-order valence-corrected chi connectivity index (χ1v) is 21.3. The van der Waals surface area contributed by atoms with Crippen molar-refractivity contribution in [3.8, 4) is 56.2 Å². The Morgan fingerprint density at radius 3 is 1.73 bits per heavy atom. The Bertz CT molecular complexity index is 3390. The molecule has 12 rings (SSSR count). The minimum absolute atomic E-state index is 0.518. The summed E-state index contributed by atoms with van der Waals surface area (Å²) in [7, 11) is 0. The molecule has 3 heteroatoms. The molecule has 60 heavy (non-hydrogen) atoms. The number of thiophene rings is 1. The molecule has 1 aliphatic rings. The van der Waals surface area contributed by atoms with E-state index in [0.29, 0.717) is 5.82 Å². The molecule has 0 N–H and O–H groups in total. The molecule has 0 saturated carbocycles. The van der Waals surface area contributed by atoms with E-state index in [4.69, 9.17) is 9.97 Å². The highest BCUT2D eigenvalue weighted by molar-refractivity contribution is 7.25. The number of benzene rings is 9. The molecular weight excluding hydrogens is 745 g/mol. The number of hydrogen-bond donors (Lipinski definition) is 0. The molecule has 0 fully saturated rings. The molecule has 0 bridgehead atoms. The molecule has 0 radical (unpaired) electrons. The van der Waals surface area contributed by atoms with E-state index in [0.717, 1.165) is 44.4 Å². The summed E-state index contributed by atoms with van der Waals surface area (Å²) in [5.41, 5.74) is 14.2. The van der Waals surface area contributed by atoms with E-state index in [9.17, 15) is 0 Å². The van der Waals surface area contributed by atoms with Crippen LogP contribution in [0.2, 0.25) is 0 Å². The third-order valence-corrected chi connectivity index (χ3v) is 13.6. The molecular formula is C57H36N2S. The van der Waals surface area contributed by atoms with E-state index in [-0.39, 0.29) is 0 Å². The van der Waals surface area contributed by atoms with Gasteiger partial charge in [-0.2, -0.15) is 0 Å². The van der Waals surface area contributed by atoms with E-state index < -0.39 is 5.41 Å². The Morgan fingerprint density at radius 1 is 0.333 bits per heavy atom. The number of hydrogen-bond acceptors (Lipinski definition) is 3. The van der Waals surface area contributed by atoms with Crippen LogP contribution in [0.5, 0.6) is 0 Å². The zero-order chi connectivity index (χ0) is 39.6. The number of fused-ring (bicyclic) bond motifs is 7. The Labute approximate surface area is 352 Å². The first kappa shape index (κ1) is 34.6. The summed E-state index contributed by atoms with van der Waals surface area (Å²) in [4.78, 5) is 10.9. The van der Waals surface area contributed by atoms with Crippen molar-refractivity contribution in [2.75, 3.05) is 0 Å². The van der Waals surface area contributed by atoms with Gasteiger partial charge in [-0.3, -0.25) is 0 Å². The van der Waals surface area contributed by atoms with Gasteiger partial charge in [-0.1, -0.05) is 188 Å². The topological polar surface area (TPSA) is 25.8 Å². The molecule has 0 spiro atoms. The minimum atomic E-state index is -0.518. The second kappa shape index (κ2) is 13.8. The number of aromatic nitrogens is 2. The van der Waals surface area contributed by atoms with E-state index in [1.165, 1.54) is 59.1 Å². The van der Waals surface area contributed by atoms with Crippen molar-refractivity contribution in [2.45, 2.75) is 5.41 Å². The van der Waals surface area contributed by atoms with Gasteiger partial charge in [0.2, 0.25) is 0 Å². The molecule has 0 saturated heterocycles. The lowest BCUT2D eigenvalue weighted by atomic mass is 9.67. The van der Waals surface area contributed by atoms with Crippen molar-refractivity contribution in [2.24, 2.45) is 0 Å². The molecule has 1 aliphatic carbocycles. The van der Waals surface area contributed by atoms with Crippen LogP contribution in [0.1, 0.15) is 22.3 Å². The fourth-order valence-corrected chi connectivity index (χ4v) is 10.8. The standard InChI is InChI=1S/C57H36N2S/c1-3-18-40(19-4-1)57(41-20-5-2-6-21-41)50-28-13-11-24-44(50)45-32-30-39(35-51(45)57)52-36-53(59-56(58-52)48-27-15-17-37-16-7-8-22-42(37)48)46-25-10-9-23-43(46)38-31-33-55-49(34-38)47-26-12-14-29-54(47)60-55/h1-36H. The second-order valence-electron chi connectivity index (χ2n) is 15.6. The van der Waals surface area contributed by atoms with Crippen LogP contribution in [-0.2, 0) is 5.41 Å². The maximum atomic E-state index is 5.48. The molecule has 11 aromatic rings. The smallest absolute Gasteiger partial charge is 0.161 e. The molecule has 2 heterocycles. The maximum absolute atomic E-state index is 5.48. The van der Waals surface area contributed by atoms with Gasteiger partial charge in [-0.15, -0.1) is 11.3 Å². The van der Waals surface area contributed by atoms with Crippen LogP contribution in [0.4, 0.5) is 0 Å². The molecule has 9 aromatic carbocycles. The van der Waals surface area contributed by atoms with E-state index in [2.05, 4.69) is 218 Å². The summed E-state index contributed by atoms with van der Waals surface area (Å²) in [6.45, 7) is 0. The van der Waals surface area contributed by atoms with Crippen molar-refractivity contribution >= 4 is 42.3 Å². The fourth-order valence-electron chi connectivity index (χ4n) is 9.73. The normalized spacial score (nSPS) is 12.8. The van der Waals surface area contributed by atoms with Gasteiger partial charge in [0.15, 0.2) is 5.82 Å². The van der Waals surface area contributed by atoms with Crippen LogP contribution in [0.15, 0.2) is 218 Å². The number of nitrogens with zero attached hydrogens (tertiary/aromatic N) is 2. The third-order valence-electron chi connectivity index (χ3n) is 12.4. The predicted molar refractivity (Wildman–Crippen MR) is 251 cm³/mol. The van der Waals surface area contributed by atoms with Crippen molar-refractivity contribution in [1.29, 1.82) is 0 Å². The van der Waals surface area contributed by atoms with Gasteiger partial charge in [0.05, 0.1) is 16.8 Å². The van der Waals surface area contributed by atoms with Gasteiger partial charge in [-0.05, 0) is 85.6 Å². The monoisotopic (exact) mass is 780 g/mol. The summed E-state index contributed by atoms with van der Waals surface area (Å²) in [6.07, 6.45) is 0. The summed E-state index contributed by atoms with van der Waals surface area (Å²) < 4.78 is 2.60.